The van der Waals surface area contributed by atoms with Gasteiger partial charge in [0.25, 0.3) is 0 Å². The molecule has 0 aromatic carbocycles. The summed E-state index contributed by atoms with van der Waals surface area (Å²) in [6.07, 6.45) is 1.71. The summed E-state index contributed by atoms with van der Waals surface area (Å²) in [5.74, 6) is 0.272. The van der Waals surface area contributed by atoms with Gasteiger partial charge in [0.1, 0.15) is 12.4 Å². The molecule has 0 atom stereocenters. The van der Waals surface area contributed by atoms with Crippen LogP contribution in [0.2, 0.25) is 0 Å². The van der Waals surface area contributed by atoms with Gasteiger partial charge in [-0.15, -0.1) is 0 Å². The molecular formula is C10H16N4O2. The zero-order valence-electron chi connectivity index (χ0n) is 9.49. The molecule has 0 radical (unpaired) electrons. The van der Waals surface area contributed by atoms with Gasteiger partial charge in [0, 0.05) is 12.7 Å². The van der Waals surface area contributed by atoms with Crippen molar-refractivity contribution in [3.8, 4) is 0 Å². The molecule has 0 unspecified atom stereocenters. The van der Waals surface area contributed by atoms with Crippen molar-refractivity contribution < 1.29 is 9.53 Å². The smallest absolute Gasteiger partial charge is 0.243 e. The second-order valence-corrected chi connectivity index (χ2v) is 3.39. The maximum Gasteiger partial charge on any atom is 0.243 e. The highest BCUT2D eigenvalue weighted by atomic mass is 16.5. The van der Waals surface area contributed by atoms with Crippen LogP contribution < -0.4 is 11.1 Å². The van der Waals surface area contributed by atoms with Crippen LogP contribution in [0.15, 0.2) is 6.20 Å². The molecule has 0 aliphatic carbocycles. The van der Waals surface area contributed by atoms with Crippen LogP contribution in [0, 0.1) is 13.8 Å². The van der Waals surface area contributed by atoms with E-state index in [4.69, 9.17) is 10.5 Å². The van der Waals surface area contributed by atoms with Crippen molar-refractivity contribution in [3.05, 3.63) is 17.6 Å². The van der Waals surface area contributed by atoms with Crippen LogP contribution in [0.4, 0.5) is 5.82 Å². The summed E-state index contributed by atoms with van der Waals surface area (Å²) in [5.41, 5.74) is 6.61. The highest BCUT2D eigenvalue weighted by Gasteiger charge is 2.00. The fourth-order valence-electron chi connectivity index (χ4n) is 1.12. The van der Waals surface area contributed by atoms with Gasteiger partial charge in [0.2, 0.25) is 5.91 Å². The molecule has 3 N–H and O–H groups in total. The number of aryl methyl sites for hydroxylation is 2. The molecule has 0 spiro atoms. The van der Waals surface area contributed by atoms with Gasteiger partial charge in [0.05, 0.1) is 18.0 Å². The van der Waals surface area contributed by atoms with Crippen molar-refractivity contribution in [2.75, 3.05) is 25.1 Å². The van der Waals surface area contributed by atoms with Gasteiger partial charge in [-0.25, -0.2) is 4.98 Å². The minimum atomic E-state index is -0.466. The molecule has 0 saturated carbocycles. The van der Waals surface area contributed by atoms with Gasteiger partial charge in [-0.2, -0.15) is 0 Å². The molecule has 16 heavy (non-hydrogen) atoms. The zero-order valence-corrected chi connectivity index (χ0v) is 9.49. The van der Waals surface area contributed by atoms with Gasteiger partial charge >= 0.3 is 0 Å². The van der Waals surface area contributed by atoms with E-state index in [1.165, 1.54) is 0 Å². The van der Waals surface area contributed by atoms with Crippen LogP contribution in [-0.2, 0) is 9.53 Å². The molecule has 1 aromatic rings. The third-order valence-electron chi connectivity index (χ3n) is 1.86. The summed E-state index contributed by atoms with van der Waals surface area (Å²) in [7, 11) is 0. The molecule has 0 bridgehead atoms. The van der Waals surface area contributed by atoms with Gasteiger partial charge in [-0.1, -0.05) is 0 Å². The van der Waals surface area contributed by atoms with E-state index in [2.05, 4.69) is 15.3 Å². The van der Waals surface area contributed by atoms with E-state index in [1.54, 1.807) is 6.20 Å². The maximum atomic E-state index is 10.4. The second-order valence-electron chi connectivity index (χ2n) is 3.39. The largest absolute Gasteiger partial charge is 0.370 e. The normalized spacial score (nSPS) is 10.1. The topological polar surface area (TPSA) is 90.1 Å². The Labute approximate surface area is 94.2 Å². The highest BCUT2D eigenvalue weighted by Crippen LogP contribution is 2.07. The SMILES string of the molecule is Cc1cnc(C)c(NCCOCC(N)=O)n1. The lowest BCUT2D eigenvalue weighted by Crippen LogP contribution is -2.21. The first kappa shape index (κ1) is 12.4. The van der Waals surface area contributed by atoms with E-state index in [9.17, 15) is 4.79 Å². The molecule has 0 aliphatic rings. The Bertz CT molecular complexity index is 368. The lowest BCUT2D eigenvalue weighted by Gasteiger charge is -2.08. The number of nitrogens with zero attached hydrogens (tertiary/aromatic N) is 2. The fourth-order valence-corrected chi connectivity index (χ4v) is 1.12. The number of carbonyl (C=O) groups is 1. The summed E-state index contributed by atoms with van der Waals surface area (Å²) in [6.45, 7) is 4.66. The fraction of sp³-hybridized carbons (Fsp3) is 0.500. The number of nitrogens with one attached hydrogen (secondary N) is 1. The quantitative estimate of drug-likeness (QED) is 0.664. The predicted octanol–water partition coefficient (Wildman–Crippen LogP) is 0.00724. The molecule has 1 aromatic heterocycles. The Morgan fingerprint density at radius 3 is 3.00 bits per heavy atom. The number of ether oxygens (including phenoxy) is 1. The Hall–Kier alpha value is -1.69. The number of rotatable bonds is 6. The number of primary amides is 1. The molecule has 1 amide bonds. The molecule has 1 heterocycles. The Balaban J connectivity index is 2.31. The number of carbonyl (C=O) groups excluding carboxylic acids is 1. The third kappa shape index (κ3) is 4.22. The van der Waals surface area contributed by atoms with Crippen LogP contribution in [0.25, 0.3) is 0 Å². The summed E-state index contributed by atoms with van der Waals surface area (Å²) in [5, 5.41) is 3.08. The molecule has 0 fully saturated rings. The highest BCUT2D eigenvalue weighted by molar-refractivity contribution is 5.74. The zero-order chi connectivity index (χ0) is 12.0. The number of hydrogen-bond acceptors (Lipinski definition) is 5. The van der Waals surface area contributed by atoms with Crippen LogP contribution in [0.3, 0.4) is 0 Å². The Morgan fingerprint density at radius 1 is 1.56 bits per heavy atom. The number of aromatic nitrogens is 2. The standard InChI is InChI=1S/C10H16N4O2/c1-7-5-13-8(2)10(14-7)12-3-4-16-6-9(11)15/h5H,3-4,6H2,1-2H3,(H2,11,15)(H,12,14). The molecule has 6 nitrogen and oxygen atoms in total. The Kier molecular flexibility index (Phi) is 4.65. The first-order valence-electron chi connectivity index (χ1n) is 4.99. The van der Waals surface area contributed by atoms with Crippen LogP contribution in [-0.4, -0.2) is 35.6 Å². The number of nitrogens with two attached hydrogens (primary N) is 1. The van der Waals surface area contributed by atoms with Crippen molar-refractivity contribution in [3.63, 3.8) is 0 Å². The molecule has 1 rings (SSSR count). The third-order valence-corrected chi connectivity index (χ3v) is 1.86. The number of hydrogen-bond donors (Lipinski definition) is 2. The van der Waals surface area contributed by atoms with Gasteiger partial charge < -0.3 is 15.8 Å². The number of anilines is 1. The number of amides is 1. The van der Waals surface area contributed by atoms with Gasteiger partial charge in [0.15, 0.2) is 0 Å². The van der Waals surface area contributed by atoms with E-state index in [0.717, 1.165) is 17.2 Å². The van der Waals surface area contributed by atoms with Crippen LogP contribution in [0.5, 0.6) is 0 Å². The maximum absolute atomic E-state index is 10.4. The van der Waals surface area contributed by atoms with E-state index < -0.39 is 5.91 Å². The van der Waals surface area contributed by atoms with Crippen LogP contribution in [0.1, 0.15) is 11.4 Å². The van der Waals surface area contributed by atoms with Crippen LogP contribution >= 0.6 is 0 Å². The first-order chi connectivity index (χ1) is 7.59. The van der Waals surface area contributed by atoms with E-state index in [0.29, 0.717) is 13.2 Å². The molecule has 6 heteroatoms. The molecular weight excluding hydrogens is 208 g/mol. The van der Waals surface area contributed by atoms with Gasteiger partial charge in [-0.3, -0.25) is 9.78 Å². The monoisotopic (exact) mass is 224 g/mol. The van der Waals surface area contributed by atoms with E-state index >= 15 is 0 Å². The molecule has 0 aliphatic heterocycles. The van der Waals surface area contributed by atoms with Crippen molar-refractivity contribution in [1.29, 1.82) is 0 Å². The van der Waals surface area contributed by atoms with Crippen molar-refractivity contribution in [2.24, 2.45) is 5.73 Å². The van der Waals surface area contributed by atoms with Crippen molar-refractivity contribution in [2.45, 2.75) is 13.8 Å². The average molecular weight is 224 g/mol. The van der Waals surface area contributed by atoms with Crippen molar-refractivity contribution >= 4 is 11.7 Å². The summed E-state index contributed by atoms with van der Waals surface area (Å²) in [6, 6.07) is 0. The summed E-state index contributed by atoms with van der Waals surface area (Å²) in [4.78, 5) is 18.8. The lowest BCUT2D eigenvalue weighted by atomic mass is 10.4. The van der Waals surface area contributed by atoms with Crippen molar-refractivity contribution in [1.82, 2.24) is 9.97 Å². The lowest BCUT2D eigenvalue weighted by molar-refractivity contribution is -0.122. The van der Waals surface area contributed by atoms with E-state index in [1.807, 2.05) is 13.8 Å². The Morgan fingerprint density at radius 2 is 2.31 bits per heavy atom. The predicted molar refractivity (Wildman–Crippen MR) is 60.0 cm³/mol. The average Bonchev–Trinajstić information content (AvgIpc) is 2.22. The van der Waals surface area contributed by atoms with E-state index in [-0.39, 0.29) is 6.61 Å². The second kappa shape index (κ2) is 6.02. The summed E-state index contributed by atoms with van der Waals surface area (Å²) < 4.78 is 5.00. The van der Waals surface area contributed by atoms with Gasteiger partial charge in [-0.05, 0) is 13.8 Å². The minimum absolute atomic E-state index is 0.0554. The minimum Gasteiger partial charge on any atom is -0.370 e. The first-order valence-corrected chi connectivity index (χ1v) is 4.99. The molecule has 0 saturated heterocycles. The molecule has 88 valence electrons. The summed E-state index contributed by atoms with van der Waals surface area (Å²) >= 11 is 0.